The molecule has 2 radical (unpaired) electrons. The van der Waals surface area contributed by atoms with Gasteiger partial charge in [-0.1, -0.05) is 37.4 Å². The summed E-state index contributed by atoms with van der Waals surface area (Å²) < 4.78 is 55.0. The Morgan fingerprint density at radius 1 is 0.762 bits per heavy atom. The highest BCUT2D eigenvalue weighted by Crippen LogP contribution is 2.18. The van der Waals surface area contributed by atoms with E-state index in [4.69, 9.17) is 0 Å². The average molecular weight is 289 g/mol. The highest BCUT2D eigenvalue weighted by Gasteiger charge is 2.17. The standard InChI is InChI=1S/C16H10BF4/c1-3-9-5-7-10(8-6-9)17-12-15(20)13(18)11(4-2)14(19)16(12)21/h3-8H,1-2H2/q-1. The third kappa shape index (κ3) is 2.77. The lowest BCUT2D eigenvalue weighted by Gasteiger charge is -2.21. The maximum atomic E-state index is 13.8. The molecule has 0 aliphatic heterocycles. The lowest BCUT2D eigenvalue weighted by Crippen LogP contribution is -2.34. The first-order valence-electron chi connectivity index (χ1n) is 6.05. The number of hydrogen-bond acceptors (Lipinski definition) is 0. The average Bonchev–Trinajstić information content (AvgIpc) is 2.51. The Morgan fingerprint density at radius 3 is 1.71 bits per heavy atom. The zero-order valence-electron chi connectivity index (χ0n) is 11.0. The van der Waals surface area contributed by atoms with Crippen LogP contribution in [0.1, 0.15) is 11.1 Å². The monoisotopic (exact) mass is 289 g/mol. The molecule has 2 aromatic rings. The van der Waals surface area contributed by atoms with Crippen molar-refractivity contribution in [2.45, 2.75) is 0 Å². The summed E-state index contributed by atoms with van der Waals surface area (Å²) >= 11 is 0. The third-order valence-corrected chi connectivity index (χ3v) is 3.02. The molecule has 106 valence electrons. The molecule has 0 aromatic heterocycles. The molecule has 0 nitrogen and oxygen atoms in total. The molecule has 0 amide bonds. The predicted molar refractivity (Wildman–Crippen MR) is 77.9 cm³/mol. The van der Waals surface area contributed by atoms with Crippen LogP contribution in [0.3, 0.4) is 0 Å². The molecular formula is C16H10BF4-. The van der Waals surface area contributed by atoms with Crippen LogP contribution < -0.4 is 10.9 Å². The molecule has 0 bridgehead atoms. The van der Waals surface area contributed by atoms with E-state index in [1.165, 1.54) is 0 Å². The van der Waals surface area contributed by atoms with Gasteiger partial charge in [0.15, 0.2) is 11.6 Å². The van der Waals surface area contributed by atoms with Crippen molar-refractivity contribution in [2.24, 2.45) is 0 Å². The van der Waals surface area contributed by atoms with E-state index in [2.05, 4.69) is 13.2 Å². The van der Waals surface area contributed by atoms with Gasteiger partial charge in [-0.25, -0.2) is 24.8 Å². The van der Waals surface area contributed by atoms with E-state index in [0.717, 1.165) is 18.9 Å². The minimum absolute atomic E-state index is 0.406. The second-order valence-corrected chi connectivity index (χ2v) is 4.30. The summed E-state index contributed by atoms with van der Waals surface area (Å²) in [5.41, 5.74) is -0.359. The maximum absolute atomic E-state index is 13.8. The van der Waals surface area contributed by atoms with Gasteiger partial charge >= 0.3 is 0 Å². The summed E-state index contributed by atoms with van der Waals surface area (Å²) in [6.45, 7) is 6.71. The van der Waals surface area contributed by atoms with Gasteiger partial charge in [0.25, 0.3) is 0 Å². The van der Waals surface area contributed by atoms with Gasteiger partial charge in [-0.05, 0) is 5.56 Å². The highest BCUT2D eigenvalue weighted by molar-refractivity contribution is 6.67. The Bertz CT molecular complexity index is 676. The normalized spacial score (nSPS) is 10.5. The third-order valence-electron chi connectivity index (χ3n) is 3.02. The number of rotatable bonds is 4. The number of hydrogen-bond donors (Lipinski definition) is 0. The van der Waals surface area contributed by atoms with E-state index < -0.39 is 34.3 Å². The van der Waals surface area contributed by atoms with E-state index in [1.807, 2.05) is 0 Å². The van der Waals surface area contributed by atoms with Crippen molar-refractivity contribution in [3.8, 4) is 0 Å². The minimum atomic E-state index is -1.46. The Kier molecular flexibility index (Phi) is 4.31. The van der Waals surface area contributed by atoms with Crippen LogP contribution in [0, 0.1) is 23.3 Å². The Morgan fingerprint density at radius 2 is 1.29 bits per heavy atom. The fourth-order valence-corrected chi connectivity index (χ4v) is 1.87. The fraction of sp³-hybridized carbons (Fsp3) is 0. The van der Waals surface area contributed by atoms with Crippen molar-refractivity contribution in [1.82, 2.24) is 0 Å². The first-order chi connectivity index (χ1) is 9.99. The molecule has 0 saturated heterocycles. The summed E-state index contributed by atoms with van der Waals surface area (Å²) in [5.74, 6) is -5.82. The maximum Gasteiger partial charge on any atom is 0.165 e. The topological polar surface area (TPSA) is 0 Å². The van der Waals surface area contributed by atoms with Crippen molar-refractivity contribution in [3.05, 3.63) is 71.8 Å². The molecule has 2 rings (SSSR count). The van der Waals surface area contributed by atoms with Crippen LogP contribution in [-0.2, 0) is 0 Å². The van der Waals surface area contributed by atoms with Crippen LogP contribution in [0.4, 0.5) is 17.6 Å². The molecular weight excluding hydrogens is 279 g/mol. The summed E-state index contributed by atoms with van der Waals surface area (Å²) in [6, 6.07) is 6.46. The van der Waals surface area contributed by atoms with Crippen molar-refractivity contribution in [3.63, 3.8) is 0 Å². The second-order valence-electron chi connectivity index (χ2n) is 4.30. The van der Waals surface area contributed by atoms with Crippen molar-refractivity contribution in [2.75, 3.05) is 0 Å². The molecule has 0 atom stereocenters. The highest BCUT2D eigenvalue weighted by atomic mass is 19.2. The number of benzene rings is 2. The largest absolute Gasteiger partial charge is 0.275 e. The van der Waals surface area contributed by atoms with Gasteiger partial charge in [-0.15, -0.1) is 12.1 Å². The Labute approximate surface area is 120 Å². The fourth-order valence-electron chi connectivity index (χ4n) is 1.87. The molecule has 0 aliphatic rings. The lowest BCUT2D eigenvalue weighted by molar-refractivity contribution is 0.460. The summed E-state index contributed by atoms with van der Waals surface area (Å²) in [7, 11) is 1.04. The summed E-state index contributed by atoms with van der Waals surface area (Å²) in [4.78, 5) is 0. The smallest absolute Gasteiger partial charge is 0.165 e. The van der Waals surface area contributed by atoms with Gasteiger partial charge in [0.2, 0.25) is 0 Å². The second kappa shape index (κ2) is 6.00. The van der Waals surface area contributed by atoms with Crippen molar-refractivity contribution >= 4 is 30.4 Å². The van der Waals surface area contributed by atoms with Gasteiger partial charge in [0.1, 0.15) is 11.6 Å². The van der Waals surface area contributed by atoms with E-state index >= 15 is 0 Å². The van der Waals surface area contributed by atoms with Gasteiger partial charge in [0.05, 0.1) is 5.56 Å². The number of halogens is 4. The van der Waals surface area contributed by atoms with Crippen LogP contribution in [-0.4, -0.2) is 7.28 Å². The quantitative estimate of drug-likeness (QED) is 0.461. The summed E-state index contributed by atoms with van der Waals surface area (Å²) in [5, 5.41) is 0. The van der Waals surface area contributed by atoms with Crippen LogP contribution in [0.2, 0.25) is 0 Å². The Hall–Kier alpha value is -2.30. The van der Waals surface area contributed by atoms with E-state index in [0.29, 0.717) is 5.46 Å². The van der Waals surface area contributed by atoms with Gasteiger partial charge < -0.3 is 0 Å². The van der Waals surface area contributed by atoms with E-state index in [-0.39, 0.29) is 0 Å². The first-order valence-corrected chi connectivity index (χ1v) is 6.05. The van der Waals surface area contributed by atoms with Crippen molar-refractivity contribution < 1.29 is 17.6 Å². The van der Waals surface area contributed by atoms with Crippen LogP contribution in [0.25, 0.3) is 12.2 Å². The Balaban J connectivity index is 2.48. The predicted octanol–water partition coefficient (Wildman–Crippen LogP) is 3.18. The van der Waals surface area contributed by atoms with Gasteiger partial charge in [0, 0.05) is 0 Å². The SMILES string of the molecule is C=Cc1ccc([B-]c2c(F)c(F)c(C=C)c(F)c2F)cc1. The van der Waals surface area contributed by atoms with E-state index in [1.54, 1.807) is 30.3 Å². The zero-order chi connectivity index (χ0) is 15.6. The van der Waals surface area contributed by atoms with Crippen molar-refractivity contribution in [1.29, 1.82) is 0 Å². The first kappa shape index (κ1) is 15.1. The van der Waals surface area contributed by atoms with Crippen LogP contribution in [0.15, 0.2) is 37.4 Å². The molecule has 0 saturated carbocycles. The summed E-state index contributed by atoms with van der Waals surface area (Å²) in [6.07, 6.45) is 2.34. The molecule has 0 aliphatic carbocycles. The molecule has 0 spiro atoms. The molecule has 2 aromatic carbocycles. The van der Waals surface area contributed by atoms with E-state index in [9.17, 15) is 17.6 Å². The molecule has 0 N–H and O–H groups in total. The molecule has 5 heteroatoms. The van der Waals surface area contributed by atoms with Crippen LogP contribution >= 0.6 is 0 Å². The molecule has 21 heavy (non-hydrogen) atoms. The zero-order valence-corrected chi connectivity index (χ0v) is 11.0. The lowest BCUT2D eigenvalue weighted by atomic mass is 9.63. The van der Waals surface area contributed by atoms with Gasteiger partial charge in [-0.2, -0.15) is 5.46 Å². The van der Waals surface area contributed by atoms with Gasteiger partial charge in [-0.3, -0.25) is 5.46 Å². The molecule has 0 heterocycles. The van der Waals surface area contributed by atoms with Crippen LogP contribution in [0.5, 0.6) is 0 Å². The molecule has 0 unspecified atom stereocenters. The minimum Gasteiger partial charge on any atom is -0.275 e. The molecule has 0 fully saturated rings.